The van der Waals surface area contributed by atoms with E-state index in [2.05, 4.69) is 41.2 Å². The molecule has 1 aromatic carbocycles. The summed E-state index contributed by atoms with van der Waals surface area (Å²) in [6.07, 6.45) is 5.47. The molecule has 1 aromatic rings. The maximum atomic E-state index is 12.1. The van der Waals surface area contributed by atoms with Crippen LogP contribution in [0.25, 0.3) is 0 Å². The molecule has 3 nitrogen and oxygen atoms in total. The highest BCUT2D eigenvalue weighted by atomic mass is 16.5. The van der Waals surface area contributed by atoms with E-state index in [-0.39, 0.29) is 17.0 Å². The van der Waals surface area contributed by atoms with Gasteiger partial charge < -0.3 is 9.47 Å². The number of esters is 1. The van der Waals surface area contributed by atoms with Crippen molar-refractivity contribution >= 4 is 5.97 Å². The zero-order chi connectivity index (χ0) is 20.6. The van der Waals surface area contributed by atoms with Crippen LogP contribution < -0.4 is 9.47 Å². The van der Waals surface area contributed by atoms with E-state index in [9.17, 15) is 4.79 Å². The molecule has 1 heterocycles. The third-order valence-corrected chi connectivity index (χ3v) is 6.62. The number of hydrogen-bond acceptors (Lipinski definition) is 3. The second-order valence-corrected chi connectivity index (χ2v) is 9.00. The SMILES string of the molecule is C=C(C)C(=O)Oc1c(C)c(C)c2c(c1C)CC[C@@](C)(C(C)(C)CCCC)O2. The summed E-state index contributed by atoms with van der Waals surface area (Å²) in [7, 11) is 0. The van der Waals surface area contributed by atoms with Crippen molar-refractivity contribution in [2.75, 3.05) is 0 Å². The second kappa shape index (κ2) is 7.69. The Balaban J connectivity index is 2.46. The summed E-state index contributed by atoms with van der Waals surface area (Å²) in [4.78, 5) is 12.1. The number of unbranched alkanes of at least 4 members (excludes halogenated alkanes) is 1. The zero-order valence-electron chi connectivity index (χ0n) is 18.5. The number of carbonyl (C=O) groups is 1. The van der Waals surface area contributed by atoms with Crippen LogP contribution >= 0.6 is 0 Å². The first kappa shape index (κ1) is 21.5. The van der Waals surface area contributed by atoms with Gasteiger partial charge in [-0.05, 0) is 70.6 Å². The molecule has 3 heteroatoms. The number of hydrogen-bond donors (Lipinski definition) is 0. The minimum absolute atomic E-state index is 0.0973. The standard InChI is InChI=1S/C24H36O3/c1-10-11-13-23(7,8)24(9)14-12-19-18(6)20(26-22(25)15(2)3)16(4)17(5)21(19)27-24/h2,10-14H2,1,3-9H3/t24-/m0/s1. The number of carbonyl (C=O) groups excluding carboxylic acids is 1. The average Bonchev–Trinajstić information content (AvgIpc) is 2.61. The summed E-state index contributed by atoms with van der Waals surface area (Å²) < 4.78 is 12.4. The fourth-order valence-electron chi connectivity index (χ4n) is 3.93. The van der Waals surface area contributed by atoms with E-state index >= 15 is 0 Å². The normalized spacial score (nSPS) is 19.3. The first-order valence-corrected chi connectivity index (χ1v) is 10.1. The molecule has 1 atom stereocenters. The van der Waals surface area contributed by atoms with Gasteiger partial charge in [0.1, 0.15) is 17.1 Å². The van der Waals surface area contributed by atoms with Crippen molar-refractivity contribution in [1.82, 2.24) is 0 Å². The Hall–Kier alpha value is -1.77. The highest BCUT2D eigenvalue weighted by molar-refractivity contribution is 5.89. The molecule has 27 heavy (non-hydrogen) atoms. The van der Waals surface area contributed by atoms with Crippen molar-refractivity contribution in [3.8, 4) is 11.5 Å². The lowest BCUT2D eigenvalue weighted by molar-refractivity contribution is -0.130. The Bertz CT molecular complexity index is 758. The van der Waals surface area contributed by atoms with Crippen LogP contribution in [-0.2, 0) is 11.2 Å². The Morgan fingerprint density at radius 2 is 1.85 bits per heavy atom. The summed E-state index contributed by atoms with van der Waals surface area (Å²) in [5.74, 6) is 1.28. The van der Waals surface area contributed by atoms with E-state index in [1.54, 1.807) is 6.92 Å². The van der Waals surface area contributed by atoms with Gasteiger partial charge in [-0.15, -0.1) is 0 Å². The minimum atomic E-state index is -0.372. The van der Waals surface area contributed by atoms with E-state index in [0.29, 0.717) is 11.3 Å². The fourth-order valence-corrected chi connectivity index (χ4v) is 3.93. The number of rotatable bonds is 6. The molecule has 0 aromatic heterocycles. The summed E-state index contributed by atoms with van der Waals surface area (Å²) >= 11 is 0. The maximum absolute atomic E-state index is 12.1. The lowest BCUT2D eigenvalue weighted by Gasteiger charge is -2.48. The smallest absolute Gasteiger partial charge is 0.338 e. The van der Waals surface area contributed by atoms with E-state index < -0.39 is 0 Å². The molecule has 0 bridgehead atoms. The molecule has 0 amide bonds. The Labute approximate surface area is 165 Å². The van der Waals surface area contributed by atoms with Gasteiger partial charge in [-0.2, -0.15) is 0 Å². The summed E-state index contributed by atoms with van der Waals surface area (Å²) in [5.41, 5.74) is 4.52. The maximum Gasteiger partial charge on any atom is 0.338 e. The molecule has 0 saturated heterocycles. The first-order chi connectivity index (χ1) is 12.4. The van der Waals surface area contributed by atoms with Gasteiger partial charge in [0.15, 0.2) is 0 Å². The number of benzene rings is 1. The van der Waals surface area contributed by atoms with Gasteiger partial charge in [0.05, 0.1) is 0 Å². The highest BCUT2D eigenvalue weighted by Gasteiger charge is 2.45. The van der Waals surface area contributed by atoms with Crippen molar-refractivity contribution in [3.63, 3.8) is 0 Å². The first-order valence-electron chi connectivity index (χ1n) is 10.1. The Morgan fingerprint density at radius 1 is 1.22 bits per heavy atom. The average molecular weight is 373 g/mol. The Kier molecular flexibility index (Phi) is 6.13. The highest BCUT2D eigenvalue weighted by Crippen LogP contribution is 2.50. The summed E-state index contributed by atoms with van der Waals surface area (Å²) in [6.45, 7) is 20.6. The number of fused-ring (bicyclic) bond motifs is 1. The van der Waals surface area contributed by atoms with Crippen molar-refractivity contribution < 1.29 is 14.3 Å². The lowest BCUT2D eigenvalue weighted by Crippen LogP contribution is -2.49. The van der Waals surface area contributed by atoms with Gasteiger partial charge in [-0.25, -0.2) is 4.79 Å². The molecule has 1 aliphatic rings. The van der Waals surface area contributed by atoms with Crippen LogP contribution in [0, 0.1) is 26.2 Å². The molecule has 1 aliphatic heterocycles. The predicted octanol–water partition coefficient (Wildman–Crippen LogP) is 6.39. The topological polar surface area (TPSA) is 35.5 Å². The minimum Gasteiger partial charge on any atom is -0.486 e. The van der Waals surface area contributed by atoms with Crippen LogP contribution in [0.1, 0.15) is 82.6 Å². The molecular formula is C24H36O3. The largest absolute Gasteiger partial charge is 0.486 e. The molecule has 0 unspecified atom stereocenters. The van der Waals surface area contributed by atoms with Gasteiger partial charge in [0.25, 0.3) is 0 Å². The van der Waals surface area contributed by atoms with Gasteiger partial charge >= 0.3 is 5.97 Å². The predicted molar refractivity (Wildman–Crippen MR) is 112 cm³/mol. The lowest BCUT2D eigenvalue weighted by atomic mass is 9.68. The molecule has 2 rings (SSSR count). The fraction of sp³-hybridized carbons (Fsp3) is 0.625. The van der Waals surface area contributed by atoms with Gasteiger partial charge in [-0.3, -0.25) is 0 Å². The number of ether oxygens (including phenoxy) is 2. The second-order valence-electron chi connectivity index (χ2n) is 9.00. The monoisotopic (exact) mass is 372 g/mol. The van der Waals surface area contributed by atoms with Crippen molar-refractivity contribution in [3.05, 3.63) is 34.4 Å². The molecule has 0 spiro atoms. The van der Waals surface area contributed by atoms with Crippen LogP contribution in [0.2, 0.25) is 0 Å². The summed E-state index contributed by atoms with van der Waals surface area (Å²) in [5, 5.41) is 0. The van der Waals surface area contributed by atoms with Crippen LogP contribution in [0.3, 0.4) is 0 Å². The molecule has 0 fully saturated rings. The molecule has 150 valence electrons. The van der Waals surface area contributed by atoms with E-state index in [4.69, 9.17) is 9.47 Å². The van der Waals surface area contributed by atoms with Gasteiger partial charge in [0, 0.05) is 16.6 Å². The van der Waals surface area contributed by atoms with Crippen LogP contribution in [0.5, 0.6) is 11.5 Å². The molecule has 0 saturated carbocycles. The van der Waals surface area contributed by atoms with Gasteiger partial charge in [0.2, 0.25) is 0 Å². The summed E-state index contributed by atoms with van der Waals surface area (Å²) in [6, 6.07) is 0. The van der Waals surface area contributed by atoms with Crippen LogP contribution in [0.15, 0.2) is 12.2 Å². The van der Waals surface area contributed by atoms with E-state index in [1.165, 1.54) is 18.4 Å². The van der Waals surface area contributed by atoms with E-state index in [1.807, 2.05) is 13.8 Å². The Morgan fingerprint density at radius 3 is 2.41 bits per heavy atom. The molecular weight excluding hydrogens is 336 g/mol. The third-order valence-electron chi connectivity index (χ3n) is 6.62. The molecule has 0 radical (unpaired) electrons. The molecule has 0 N–H and O–H groups in total. The van der Waals surface area contributed by atoms with Crippen LogP contribution in [-0.4, -0.2) is 11.6 Å². The van der Waals surface area contributed by atoms with Crippen molar-refractivity contribution in [2.45, 2.75) is 93.1 Å². The zero-order valence-corrected chi connectivity index (χ0v) is 18.5. The third kappa shape index (κ3) is 3.93. The van der Waals surface area contributed by atoms with E-state index in [0.717, 1.165) is 41.7 Å². The van der Waals surface area contributed by atoms with Crippen molar-refractivity contribution in [1.29, 1.82) is 0 Å². The van der Waals surface area contributed by atoms with Gasteiger partial charge in [-0.1, -0.05) is 40.2 Å². The molecule has 0 aliphatic carbocycles. The van der Waals surface area contributed by atoms with Crippen molar-refractivity contribution in [2.24, 2.45) is 5.41 Å². The quantitative estimate of drug-likeness (QED) is 0.329. The van der Waals surface area contributed by atoms with Crippen LogP contribution in [0.4, 0.5) is 0 Å².